The number of halogens is 2. The molecule has 8 heteroatoms. The Morgan fingerprint density at radius 3 is 2.24 bits per heavy atom. The van der Waals surface area contributed by atoms with Crippen LogP contribution in [0.1, 0.15) is 30.0 Å². The summed E-state index contributed by atoms with van der Waals surface area (Å²) in [5, 5.41) is 20.1. The van der Waals surface area contributed by atoms with Gasteiger partial charge in [0.15, 0.2) is 0 Å². The van der Waals surface area contributed by atoms with E-state index in [9.17, 15) is 23.9 Å². The molecule has 3 rings (SSSR count). The Labute approximate surface area is 170 Å². The lowest BCUT2D eigenvalue weighted by Gasteiger charge is -2.25. The molecule has 0 aromatic heterocycles. The first-order valence-electron chi connectivity index (χ1n) is 8.81. The molecule has 1 aliphatic heterocycles. The van der Waals surface area contributed by atoms with Gasteiger partial charge in [-0.1, -0.05) is 23.7 Å². The Balaban J connectivity index is 2.08. The molecule has 6 nitrogen and oxygen atoms in total. The number of Topliss-reactive ketones (excluding diaryl/α,β-unsaturated/α-hetero) is 1. The molecule has 0 unspecified atom stereocenters. The van der Waals surface area contributed by atoms with Crippen LogP contribution in [0.3, 0.4) is 0 Å². The van der Waals surface area contributed by atoms with Crippen LogP contribution in [0.4, 0.5) is 4.39 Å². The molecule has 2 N–H and O–H groups in total. The van der Waals surface area contributed by atoms with E-state index >= 15 is 0 Å². The largest absolute Gasteiger partial charge is 0.507 e. The van der Waals surface area contributed by atoms with Gasteiger partial charge in [-0.05, 0) is 48.4 Å². The fraction of sp³-hybridized carbons (Fsp3) is 0.190. The monoisotopic (exact) mass is 417 g/mol. The third-order valence-electron chi connectivity index (χ3n) is 4.63. The van der Waals surface area contributed by atoms with E-state index in [2.05, 4.69) is 0 Å². The van der Waals surface area contributed by atoms with Crippen molar-refractivity contribution in [2.45, 2.75) is 18.9 Å². The SMILES string of the molecule is O=C(O)CCCN1C(=O)C(=O)/C(=C(/O)c2ccc(Cl)cc2)[C@H]1c1ccc(F)cc1. The van der Waals surface area contributed by atoms with Gasteiger partial charge in [-0.15, -0.1) is 0 Å². The van der Waals surface area contributed by atoms with E-state index in [1.807, 2.05) is 0 Å². The number of hydrogen-bond donors (Lipinski definition) is 2. The molecule has 1 heterocycles. The molecule has 0 saturated carbocycles. The summed E-state index contributed by atoms with van der Waals surface area (Å²) < 4.78 is 13.4. The zero-order valence-electron chi connectivity index (χ0n) is 15.1. The minimum Gasteiger partial charge on any atom is -0.507 e. The van der Waals surface area contributed by atoms with E-state index < -0.39 is 29.5 Å². The summed E-state index contributed by atoms with van der Waals surface area (Å²) in [5.41, 5.74) is 0.584. The maximum Gasteiger partial charge on any atom is 0.303 e. The molecule has 1 atom stereocenters. The fourth-order valence-electron chi connectivity index (χ4n) is 3.27. The van der Waals surface area contributed by atoms with E-state index in [1.54, 1.807) is 0 Å². The van der Waals surface area contributed by atoms with E-state index in [0.29, 0.717) is 16.1 Å². The average Bonchev–Trinajstić information content (AvgIpc) is 2.93. The van der Waals surface area contributed by atoms with Crippen molar-refractivity contribution in [3.8, 4) is 0 Å². The second-order valence-electron chi connectivity index (χ2n) is 6.55. The molecule has 150 valence electrons. The lowest BCUT2D eigenvalue weighted by atomic mass is 9.95. The first-order valence-corrected chi connectivity index (χ1v) is 9.19. The number of carbonyl (C=O) groups is 3. The minimum absolute atomic E-state index is 0.00366. The molecule has 1 saturated heterocycles. The number of aliphatic carboxylic acids is 1. The van der Waals surface area contributed by atoms with E-state index in [4.69, 9.17) is 16.7 Å². The highest BCUT2D eigenvalue weighted by Crippen LogP contribution is 2.39. The summed E-state index contributed by atoms with van der Waals surface area (Å²) in [6, 6.07) is 10.4. The van der Waals surface area contributed by atoms with Crippen LogP contribution >= 0.6 is 11.6 Å². The smallest absolute Gasteiger partial charge is 0.303 e. The van der Waals surface area contributed by atoms with Gasteiger partial charge in [-0.25, -0.2) is 4.39 Å². The third kappa shape index (κ3) is 4.30. The number of likely N-dealkylation sites (tertiary alicyclic amines) is 1. The normalized spacial score (nSPS) is 18.3. The summed E-state index contributed by atoms with van der Waals surface area (Å²) in [5.74, 6) is -3.63. The van der Waals surface area contributed by atoms with Crippen LogP contribution in [-0.4, -0.2) is 39.3 Å². The van der Waals surface area contributed by atoms with Gasteiger partial charge >= 0.3 is 5.97 Å². The molecular weight excluding hydrogens is 401 g/mol. The number of aliphatic hydroxyl groups excluding tert-OH is 1. The molecule has 0 aliphatic carbocycles. The van der Waals surface area contributed by atoms with Gasteiger partial charge in [-0.3, -0.25) is 14.4 Å². The third-order valence-corrected chi connectivity index (χ3v) is 4.88. The maximum absolute atomic E-state index is 13.4. The number of amides is 1. The molecule has 0 spiro atoms. The second kappa shape index (κ2) is 8.45. The van der Waals surface area contributed by atoms with Gasteiger partial charge < -0.3 is 15.1 Å². The van der Waals surface area contributed by atoms with Crippen LogP contribution < -0.4 is 0 Å². The van der Waals surface area contributed by atoms with Crippen LogP contribution in [0.15, 0.2) is 54.1 Å². The zero-order valence-corrected chi connectivity index (χ0v) is 15.9. The lowest BCUT2D eigenvalue weighted by Crippen LogP contribution is -2.31. The van der Waals surface area contributed by atoms with Crippen molar-refractivity contribution < 1.29 is 29.0 Å². The van der Waals surface area contributed by atoms with Gasteiger partial charge in [0, 0.05) is 23.6 Å². The number of aliphatic hydroxyl groups is 1. The molecule has 0 bridgehead atoms. The first kappa shape index (κ1) is 20.5. The second-order valence-corrected chi connectivity index (χ2v) is 6.98. The number of hydrogen-bond acceptors (Lipinski definition) is 4. The van der Waals surface area contributed by atoms with Crippen molar-refractivity contribution in [3.63, 3.8) is 0 Å². The summed E-state index contributed by atoms with van der Waals surface area (Å²) >= 11 is 5.86. The summed E-state index contributed by atoms with van der Waals surface area (Å²) in [7, 11) is 0. The van der Waals surface area contributed by atoms with Gasteiger partial charge in [-0.2, -0.15) is 0 Å². The van der Waals surface area contributed by atoms with Crippen LogP contribution in [-0.2, 0) is 14.4 Å². The van der Waals surface area contributed by atoms with Gasteiger partial charge in [0.05, 0.1) is 11.6 Å². The van der Waals surface area contributed by atoms with Crippen molar-refractivity contribution >= 4 is 35.0 Å². The predicted molar refractivity (Wildman–Crippen MR) is 104 cm³/mol. The number of rotatable bonds is 6. The number of carboxylic acid groups (broad SMARTS) is 1. The standard InChI is InChI=1S/C21H17ClFNO5/c22-14-7-3-13(4-8-14)19(27)17-18(12-5-9-15(23)10-6-12)24(21(29)20(17)28)11-1-2-16(25)26/h3-10,18,27H,1-2,11H2,(H,25,26)/b19-17+/t18-/m1/s1. The number of nitrogens with zero attached hydrogens (tertiary/aromatic N) is 1. The van der Waals surface area contributed by atoms with E-state index in [-0.39, 0.29) is 30.7 Å². The van der Waals surface area contributed by atoms with Crippen molar-refractivity contribution in [2.75, 3.05) is 6.54 Å². The Kier molecular flexibility index (Phi) is 5.98. The topological polar surface area (TPSA) is 94.9 Å². The highest BCUT2D eigenvalue weighted by molar-refractivity contribution is 6.46. The maximum atomic E-state index is 13.4. The van der Waals surface area contributed by atoms with Crippen LogP contribution in [0.25, 0.3) is 5.76 Å². The number of ketones is 1. The van der Waals surface area contributed by atoms with Crippen molar-refractivity contribution in [2.24, 2.45) is 0 Å². The highest BCUT2D eigenvalue weighted by atomic mass is 35.5. The Bertz CT molecular complexity index is 985. The van der Waals surface area contributed by atoms with Crippen molar-refractivity contribution in [3.05, 3.63) is 76.1 Å². The van der Waals surface area contributed by atoms with Crippen LogP contribution in [0, 0.1) is 5.82 Å². The molecule has 2 aromatic carbocycles. The van der Waals surface area contributed by atoms with Crippen molar-refractivity contribution in [1.29, 1.82) is 0 Å². The molecule has 2 aromatic rings. The quantitative estimate of drug-likeness (QED) is 0.424. The highest BCUT2D eigenvalue weighted by Gasteiger charge is 2.45. The molecule has 29 heavy (non-hydrogen) atoms. The summed E-state index contributed by atoms with van der Waals surface area (Å²) in [4.78, 5) is 37.4. The van der Waals surface area contributed by atoms with Gasteiger partial charge in [0.2, 0.25) is 0 Å². The minimum atomic E-state index is -1.03. The Hall–Kier alpha value is -3.19. The average molecular weight is 418 g/mol. The Morgan fingerprint density at radius 2 is 1.66 bits per heavy atom. The van der Waals surface area contributed by atoms with Gasteiger partial charge in [0.25, 0.3) is 11.7 Å². The number of benzene rings is 2. The fourth-order valence-corrected chi connectivity index (χ4v) is 3.39. The molecule has 1 fully saturated rings. The van der Waals surface area contributed by atoms with Crippen LogP contribution in [0.2, 0.25) is 5.02 Å². The number of carbonyl (C=O) groups excluding carboxylic acids is 2. The van der Waals surface area contributed by atoms with Crippen LogP contribution in [0.5, 0.6) is 0 Å². The Morgan fingerprint density at radius 1 is 1.03 bits per heavy atom. The first-order chi connectivity index (χ1) is 13.8. The summed E-state index contributed by atoms with van der Waals surface area (Å²) in [6.45, 7) is -0.00366. The zero-order chi connectivity index (χ0) is 21.1. The van der Waals surface area contributed by atoms with E-state index in [0.717, 1.165) is 0 Å². The van der Waals surface area contributed by atoms with E-state index in [1.165, 1.54) is 53.4 Å². The number of carboxylic acids is 1. The van der Waals surface area contributed by atoms with Gasteiger partial charge in [0.1, 0.15) is 11.6 Å². The molecule has 0 radical (unpaired) electrons. The molecule has 1 aliphatic rings. The lowest BCUT2D eigenvalue weighted by molar-refractivity contribution is -0.140. The molecular formula is C21H17ClFNO5. The van der Waals surface area contributed by atoms with Crippen molar-refractivity contribution in [1.82, 2.24) is 4.90 Å². The molecule has 1 amide bonds. The predicted octanol–water partition coefficient (Wildman–Crippen LogP) is 3.77. The summed E-state index contributed by atoms with van der Waals surface area (Å²) in [6.07, 6.45) is -0.0582.